The number of hydrogen-bond acceptors (Lipinski definition) is 3. The van der Waals surface area contributed by atoms with Crippen molar-refractivity contribution in [2.24, 2.45) is 5.92 Å². The van der Waals surface area contributed by atoms with Gasteiger partial charge < -0.3 is 14.7 Å². The maximum Gasteiger partial charge on any atom is 0.228 e. The summed E-state index contributed by atoms with van der Waals surface area (Å²) in [6.07, 6.45) is 4.56. The molecule has 2 saturated heterocycles. The molecule has 2 atom stereocenters. The molecule has 2 aliphatic rings. The second-order valence-electron chi connectivity index (χ2n) is 7.92. The quantitative estimate of drug-likeness (QED) is 0.782. The highest BCUT2D eigenvalue weighted by molar-refractivity contribution is 5.89. The van der Waals surface area contributed by atoms with E-state index >= 15 is 0 Å². The number of rotatable bonds is 6. The van der Waals surface area contributed by atoms with Crippen LogP contribution in [0, 0.1) is 5.92 Å². The van der Waals surface area contributed by atoms with Crippen molar-refractivity contribution in [2.45, 2.75) is 38.1 Å². The maximum atomic E-state index is 13.1. The van der Waals surface area contributed by atoms with Crippen LogP contribution in [0.15, 0.2) is 30.3 Å². The van der Waals surface area contributed by atoms with Crippen LogP contribution in [0.4, 0.5) is 0 Å². The van der Waals surface area contributed by atoms with Gasteiger partial charge >= 0.3 is 0 Å². The van der Waals surface area contributed by atoms with Gasteiger partial charge in [-0.15, -0.1) is 0 Å². The lowest BCUT2D eigenvalue weighted by Crippen LogP contribution is -2.50. The third kappa shape index (κ3) is 4.64. The molecular formula is C21H31N3O2. The Hall–Kier alpha value is -1.88. The molecule has 5 nitrogen and oxygen atoms in total. The third-order valence-corrected chi connectivity index (χ3v) is 5.56. The van der Waals surface area contributed by atoms with Crippen LogP contribution in [0.3, 0.4) is 0 Å². The topological polar surface area (TPSA) is 43.9 Å². The molecule has 1 aromatic rings. The van der Waals surface area contributed by atoms with Gasteiger partial charge in [-0.3, -0.25) is 9.59 Å². The number of carbonyl (C=O) groups is 2. The summed E-state index contributed by atoms with van der Waals surface area (Å²) >= 11 is 0. The second kappa shape index (κ2) is 8.67. The number of benzene rings is 1. The molecular weight excluding hydrogens is 326 g/mol. The van der Waals surface area contributed by atoms with E-state index in [9.17, 15) is 9.59 Å². The van der Waals surface area contributed by atoms with E-state index in [0.717, 1.165) is 32.4 Å². The lowest BCUT2D eigenvalue weighted by atomic mass is 9.98. The molecule has 2 amide bonds. The molecule has 0 spiro atoms. The molecule has 0 saturated carbocycles. The van der Waals surface area contributed by atoms with Crippen LogP contribution in [0.2, 0.25) is 0 Å². The number of piperidine rings is 1. The molecule has 0 radical (unpaired) electrons. The largest absolute Gasteiger partial charge is 0.342 e. The van der Waals surface area contributed by atoms with Crippen LogP contribution >= 0.6 is 0 Å². The van der Waals surface area contributed by atoms with Crippen LogP contribution in [0.25, 0.3) is 0 Å². The van der Waals surface area contributed by atoms with Crippen molar-refractivity contribution in [1.29, 1.82) is 0 Å². The van der Waals surface area contributed by atoms with E-state index in [-0.39, 0.29) is 17.7 Å². The second-order valence-corrected chi connectivity index (χ2v) is 7.92. The van der Waals surface area contributed by atoms with E-state index in [1.165, 1.54) is 12.0 Å². The molecule has 0 unspecified atom stereocenters. The molecule has 1 aromatic carbocycles. The van der Waals surface area contributed by atoms with Gasteiger partial charge in [-0.05, 0) is 45.3 Å². The Balaban J connectivity index is 1.57. The van der Waals surface area contributed by atoms with Gasteiger partial charge in [-0.25, -0.2) is 0 Å². The summed E-state index contributed by atoms with van der Waals surface area (Å²) in [4.78, 5) is 31.6. The summed E-state index contributed by atoms with van der Waals surface area (Å²) in [5.74, 6) is 0.147. The van der Waals surface area contributed by atoms with Crippen molar-refractivity contribution >= 4 is 11.8 Å². The molecule has 3 rings (SSSR count). The van der Waals surface area contributed by atoms with Crippen molar-refractivity contribution in [3.63, 3.8) is 0 Å². The minimum atomic E-state index is -0.166. The summed E-state index contributed by atoms with van der Waals surface area (Å²) < 4.78 is 0. The van der Waals surface area contributed by atoms with E-state index in [1.807, 2.05) is 23.1 Å². The Bertz CT molecular complexity index is 617. The van der Waals surface area contributed by atoms with E-state index in [0.29, 0.717) is 25.6 Å². The van der Waals surface area contributed by atoms with Gasteiger partial charge in [-0.2, -0.15) is 0 Å². The highest BCUT2D eigenvalue weighted by atomic mass is 16.2. The normalized spacial score (nSPS) is 23.7. The first-order valence-electron chi connectivity index (χ1n) is 9.81. The minimum absolute atomic E-state index is 0.125. The number of amides is 2. The lowest BCUT2D eigenvalue weighted by molar-refractivity contribution is -0.139. The van der Waals surface area contributed by atoms with Crippen molar-refractivity contribution in [2.75, 3.05) is 40.3 Å². The lowest BCUT2D eigenvalue weighted by Gasteiger charge is -2.38. The highest BCUT2D eigenvalue weighted by Gasteiger charge is 2.38. The van der Waals surface area contributed by atoms with Gasteiger partial charge in [0.05, 0.1) is 5.92 Å². The SMILES string of the molecule is CN(C)C[C@@H]1CCCCN1C(=O)[C@H]1CC(=O)N(CCc2ccccc2)C1. The van der Waals surface area contributed by atoms with Crippen LogP contribution < -0.4 is 0 Å². The molecule has 0 bridgehead atoms. The van der Waals surface area contributed by atoms with Gasteiger partial charge in [0.25, 0.3) is 0 Å². The Morgan fingerprint density at radius 2 is 1.96 bits per heavy atom. The minimum Gasteiger partial charge on any atom is -0.342 e. The molecule has 2 fully saturated rings. The summed E-state index contributed by atoms with van der Waals surface area (Å²) in [6, 6.07) is 10.5. The predicted octanol–water partition coefficient (Wildman–Crippen LogP) is 2.02. The van der Waals surface area contributed by atoms with Crippen molar-refractivity contribution in [1.82, 2.24) is 14.7 Å². The first-order valence-corrected chi connectivity index (χ1v) is 9.81. The van der Waals surface area contributed by atoms with E-state index < -0.39 is 0 Å². The maximum absolute atomic E-state index is 13.1. The summed E-state index contributed by atoms with van der Waals surface area (Å²) in [5.41, 5.74) is 1.23. The predicted molar refractivity (Wildman–Crippen MR) is 103 cm³/mol. The molecule has 5 heteroatoms. The molecule has 26 heavy (non-hydrogen) atoms. The Morgan fingerprint density at radius 1 is 1.19 bits per heavy atom. The van der Waals surface area contributed by atoms with Gasteiger partial charge in [0.15, 0.2) is 0 Å². The number of nitrogens with zero attached hydrogens (tertiary/aromatic N) is 3. The zero-order chi connectivity index (χ0) is 18.5. The first-order chi connectivity index (χ1) is 12.5. The Kier molecular flexibility index (Phi) is 6.30. The highest BCUT2D eigenvalue weighted by Crippen LogP contribution is 2.25. The van der Waals surface area contributed by atoms with Crippen LogP contribution in [0.1, 0.15) is 31.2 Å². The third-order valence-electron chi connectivity index (χ3n) is 5.56. The van der Waals surface area contributed by atoms with Crippen molar-refractivity contribution in [3.05, 3.63) is 35.9 Å². The zero-order valence-electron chi connectivity index (χ0n) is 16.1. The van der Waals surface area contributed by atoms with E-state index in [2.05, 4.69) is 36.0 Å². The fraction of sp³-hybridized carbons (Fsp3) is 0.619. The number of likely N-dealkylation sites (N-methyl/N-ethyl adjacent to an activating group) is 1. The van der Waals surface area contributed by atoms with E-state index in [1.54, 1.807) is 0 Å². The molecule has 0 aliphatic carbocycles. The van der Waals surface area contributed by atoms with E-state index in [4.69, 9.17) is 0 Å². The smallest absolute Gasteiger partial charge is 0.228 e. The van der Waals surface area contributed by atoms with Crippen LogP contribution in [-0.2, 0) is 16.0 Å². The summed E-state index contributed by atoms with van der Waals surface area (Å²) in [6.45, 7) is 3.03. The Morgan fingerprint density at radius 3 is 2.69 bits per heavy atom. The standard InChI is InChI=1S/C21H31N3O2/c1-22(2)16-19-10-6-7-12-24(19)21(26)18-14-20(25)23(15-18)13-11-17-8-4-3-5-9-17/h3-5,8-9,18-19H,6-7,10-16H2,1-2H3/t18-,19-/m0/s1. The van der Waals surface area contributed by atoms with Gasteiger partial charge in [0, 0.05) is 38.6 Å². The Labute approximate surface area is 156 Å². The number of hydrogen-bond donors (Lipinski definition) is 0. The van der Waals surface area contributed by atoms with Crippen LogP contribution in [0.5, 0.6) is 0 Å². The number of carbonyl (C=O) groups excluding carboxylic acids is 2. The monoisotopic (exact) mass is 357 g/mol. The van der Waals surface area contributed by atoms with Crippen molar-refractivity contribution in [3.8, 4) is 0 Å². The average Bonchev–Trinajstić information content (AvgIpc) is 3.01. The van der Waals surface area contributed by atoms with Gasteiger partial charge in [-0.1, -0.05) is 30.3 Å². The fourth-order valence-electron chi connectivity index (χ4n) is 4.20. The molecule has 2 heterocycles. The fourth-order valence-corrected chi connectivity index (χ4v) is 4.20. The van der Waals surface area contributed by atoms with Gasteiger partial charge in [0.2, 0.25) is 11.8 Å². The van der Waals surface area contributed by atoms with Crippen LogP contribution in [-0.4, -0.2) is 72.8 Å². The summed E-state index contributed by atoms with van der Waals surface area (Å²) in [7, 11) is 4.11. The molecule has 142 valence electrons. The first kappa shape index (κ1) is 18.9. The molecule has 0 N–H and O–H groups in total. The molecule has 2 aliphatic heterocycles. The zero-order valence-corrected chi connectivity index (χ0v) is 16.1. The molecule has 0 aromatic heterocycles. The van der Waals surface area contributed by atoms with Gasteiger partial charge in [0.1, 0.15) is 0 Å². The summed E-state index contributed by atoms with van der Waals surface area (Å²) in [5, 5.41) is 0. The average molecular weight is 357 g/mol. The number of likely N-dealkylation sites (tertiary alicyclic amines) is 2. The van der Waals surface area contributed by atoms with Crippen molar-refractivity contribution < 1.29 is 9.59 Å².